The second kappa shape index (κ2) is 8.52. The van der Waals surface area contributed by atoms with Gasteiger partial charge in [-0.15, -0.1) is 0 Å². The minimum Gasteiger partial charge on any atom is -0.375 e. The zero-order chi connectivity index (χ0) is 24.8. The summed E-state index contributed by atoms with van der Waals surface area (Å²) in [5.74, 6) is -0.678. The standard InChI is InChI=1S/C30H33NO3/c1-19-11-13-22(14-12-19)18-31-25-10-8-7-9-24(25)30(34,28(31)33)17-26(32)27-20(2)15-23(16-21(27)3)29(4,5)6/h7-16,34H,17-18H2,1-6H3. The van der Waals surface area contributed by atoms with Crippen molar-refractivity contribution in [1.29, 1.82) is 0 Å². The number of rotatable bonds is 5. The summed E-state index contributed by atoms with van der Waals surface area (Å²) in [5, 5.41) is 11.7. The lowest BCUT2D eigenvalue weighted by atomic mass is 9.81. The number of hydrogen-bond acceptors (Lipinski definition) is 3. The average molecular weight is 456 g/mol. The van der Waals surface area contributed by atoms with Crippen LogP contribution in [0.4, 0.5) is 5.69 Å². The van der Waals surface area contributed by atoms with E-state index < -0.39 is 11.5 Å². The molecule has 3 aromatic carbocycles. The number of hydrogen-bond donors (Lipinski definition) is 1. The molecule has 1 amide bonds. The molecule has 34 heavy (non-hydrogen) atoms. The molecule has 0 saturated carbocycles. The van der Waals surface area contributed by atoms with Crippen molar-refractivity contribution in [2.45, 2.75) is 65.5 Å². The molecule has 0 aromatic heterocycles. The van der Waals surface area contributed by atoms with Gasteiger partial charge in [-0.1, -0.05) is 80.9 Å². The van der Waals surface area contributed by atoms with Gasteiger partial charge in [-0.2, -0.15) is 0 Å². The molecule has 0 radical (unpaired) electrons. The van der Waals surface area contributed by atoms with Gasteiger partial charge in [-0.05, 0) is 54.5 Å². The number of aliphatic hydroxyl groups is 1. The first kappa shape index (κ1) is 23.9. The van der Waals surface area contributed by atoms with E-state index in [0.717, 1.165) is 27.8 Å². The number of anilines is 1. The second-order valence-corrected chi connectivity index (χ2v) is 10.6. The predicted molar refractivity (Wildman–Crippen MR) is 136 cm³/mol. The van der Waals surface area contributed by atoms with E-state index in [1.807, 2.05) is 69.3 Å². The largest absolute Gasteiger partial charge is 0.375 e. The van der Waals surface area contributed by atoms with Crippen molar-refractivity contribution in [2.75, 3.05) is 4.90 Å². The van der Waals surface area contributed by atoms with Gasteiger partial charge in [0.2, 0.25) is 0 Å². The maximum Gasteiger partial charge on any atom is 0.264 e. The Labute approximate surface area is 202 Å². The minimum absolute atomic E-state index is 0.0356. The number of Topliss-reactive ketones (excluding diaryl/α,β-unsaturated/α-hetero) is 1. The Bertz CT molecular complexity index is 1240. The Kier molecular flexibility index (Phi) is 5.99. The van der Waals surface area contributed by atoms with Crippen molar-refractivity contribution in [3.63, 3.8) is 0 Å². The van der Waals surface area contributed by atoms with Crippen LogP contribution in [0.5, 0.6) is 0 Å². The topological polar surface area (TPSA) is 57.6 Å². The molecule has 1 N–H and O–H groups in total. The number of aryl methyl sites for hydroxylation is 3. The summed E-state index contributed by atoms with van der Waals surface area (Å²) in [6, 6.07) is 19.3. The van der Waals surface area contributed by atoms with E-state index in [-0.39, 0.29) is 17.6 Å². The summed E-state index contributed by atoms with van der Waals surface area (Å²) in [6.45, 7) is 12.6. The zero-order valence-electron chi connectivity index (χ0n) is 20.9. The molecule has 0 aliphatic carbocycles. The third kappa shape index (κ3) is 4.19. The Hall–Kier alpha value is -3.24. The lowest BCUT2D eigenvalue weighted by molar-refractivity contribution is -0.136. The van der Waals surface area contributed by atoms with Crippen LogP contribution in [0, 0.1) is 20.8 Å². The van der Waals surface area contributed by atoms with Crippen LogP contribution in [0.3, 0.4) is 0 Å². The monoisotopic (exact) mass is 455 g/mol. The molecule has 1 unspecified atom stereocenters. The van der Waals surface area contributed by atoms with E-state index in [1.165, 1.54) is 0 Å². The first-order chi connectivity index (χ1) is 15.9. The predicted octanol–water partition coefficient (Wildman–Crippen LogP) is 5.92. The van der Waals surface area contributed by atoms with Gasteiger partial charge in [0.25, 0.3) is 5.91 Å². The molecule has 4 rings (SSSR count). The summed E-state index contributed by atoms with van der Waals surface area (Å²) < 4.78 is 0. The fraction of sp³-hybridized carbons (Fsp3) is 0.333. The highest BCUT2D eigenvalue weighted by Gasteiger charge is 2.51. The molecular weight excluding hydrogens is 422 g/mol. The van der Waals surface area contributed by atoms with Gasteiger partial charge in [-0.3, -0.25) is 9.59 Å². The highest BCUT2D eigenvalue weighted by Crippen LogP contribution is 2.44. The first-order valence-electron chi connectivity index (χ1n) is 11.8. The quantitative estimate of drug-likeness (QED) is 0.486. The summed E-state index contributed by atoms with van der Waals surface area (Å²) >= 11 is 0. The fourth-order valence-electron chi connectivity index (χ4n) is 4.87. The molecule has 0 fully saturated rings. The van der Waals surface area contributed by atoms with Gasteiger partial charge in [0.15, 0.2) is 11.4 Å². The molecule has 0 spiro atoms. The average Bonchev–Trinajstić information content (AvgIpc) is 2.96. The number of benzene rings is 3. The zero-order valence-corrected chi connectivity index (χ0v) is 20.9. The van der Waals surface area contributed by atoms with Crippen molar-refractivity contribution in [3.05, 3.63) is 99.6 Å². The van der Waals surface area contributed by atoms with Crippen LogP contribution in [-0.2, 0) is 22.4 Å². The lowest BCUT2D eigenvalue weighted by Crippen LogP contribution is -2.41. The van der Waals surface area contributed by atoms with E-state index in [0.29, 0.717) is 23.4 Å². The molecule has 176 valence electrons. The minimum atomic E-state index is -1.89. The highest BCUT2D eigenvalue weighted by molar-refractivity contribution is 6.11. The van der Waals surface area contributed by atoms with Crippen molar-refractivity contribution in [2.24, 2.45) is 0 Å². The summed E-state index contributed by atoms with van der Waals surface area (Å²) in [5.41, 5.74) is 4.81. The third-order valence-electron chi connectivity index (χ3n) is 6.79. The Morgan fingerprint density at radius 2 is 1.53 bits per heavy atom. The number of amides is 1. The molecule has 0 saturated heterocycles. The van der Waals surface area contributed by atoms with Crippen molar-refractivity contribution >= 4 is 17.4 Å². The maximum atomic E-state index is 13.6. The van der Waals surface area contributed by atoms with Gasteiger partial charge in [0.1, 0.15) is 0 Å². The number of ketones is 1. The normalized spacial score (nSPS) is 17.7. The van der Waals surface area contributed by atoms with E-state index in [1.54, 1.807) is 17.0 Å². The maximum absolute atomic E-state index is 13.6. The first-order valence-corrected chi connectivity index (χ1v) is 11.8. The molecule has 1 aliphatic rings. The third-order valence-corrected chi connectivity index (χ3v) is 6.79. The van der Waals surface area contributed by atoms with Crippen LogP contribution in [0.1, 0.15) is 70.9 Å². The van der Waals surface area contributed by atoms with Gasteiger partial charge in [0, 0.05) is 11.1 Å². The molecule has 4 nitrogen and oxygen atoms in total. The van der Waals surface area contributed by atoms with Gasteiger partial charge >= 0.3 is 0 Å². The van der Waals surface area contributed by atoms with Crippen LogP contribution in [0.2, 0.25) is 0 Å². The molecular formula is C30H33NO3. The Morgan fingerprint density at radius 3 is 2.12 bits per heavy atom. The molecule has 1 aliphatic heterocycles. The number of fused-ring (bicyclic) bond motifs is 1. The smallest absolute Gasteiger partial charge is 0.264 e. The van der Waals surface area contributed by atoms with E-state index in [4.69, 9.17) is 0 Å². The van der Waals surface area contributed by atoms with E-state index in [9.17, 15) is 14.7 Å². The number of nitrogens with zero attached hydrogens (tertiary/aromatic N) is 1. The molecule has 4 heteroatoms. The van der Waals surface area contributed by atoms with Crippen molar-refractivity contribution in [3.8, 4) is 0 Å². The number of carbonyl (C=O) groups is 2. The van der Waals surface area contributed by atoms with Crippen molar-refractivity contribution in [1.82, 2.24) is 0 Å². The number of carbonyl (C=O) groups excluding carboxylic acids is 2. The molecule has 1 atom stereocenters. The lowest BCUT2D eigenvalue weighted by Gasteiger charge is -2.25. The van der Waals surface area contributed by atoms with Gasteiger partial charge in [-0.25, -0.2) is 0 Å². The second-order valence-electron chi connectivity index (χ2n) is 10.6. The summed E-state index contributed by atoms with van der Waals surface area (Å²) in [7, 11) is 0. The van der Waals surface area contributed by atoms with Crippen LogP contribution >= 0.6 is 0 Å². The van der Waals surface area contributed by atoms with Crippen LogP contribution in [-0.4, -0.2) is 16.8 Å². The SMILES string of the molecule is Cc1ccc(CN2C(=O)C(O)(CC(=O)c3c(C)cc(C(C)(C)C)cc3C)c3ccccc32)cc1. The molecule has 3 aromatic rings. The van der Waals surface area contributed by atoms with E-state index >= 15 is 0 Å². The van der Waals surface area contributed by atoms with Crippen LogP contribution in [0.25, 0.3) is 0 Å². The fourth-order valence-corrected chi connectivity index (χ4v) is 4.87. The summed E-state index contributed by atoms with van der Waals surface area (Å²) in [6.07, 6.45) is -0.288. The highest BCUT2D eigenvalue weighted by atomic mass is 16.3. The van der Waals surface area contributed by atoms with Gasteiger partial charge in [0.05, 0.1) is 18.7 Å². The van der Waals surface area contributed by atoms with Crippen LogP contribution < -0.4 is 4.90 Å². The van der Waals surface area contributed by atoms with Crippen molar-refractivity contribution < 1.29 is 14.7 Å². The van der Waals surface area contributed by atoms with E-state index in [2.05, 4.69) is 20.8 Å². The Morgan fingerprint density at radius 1 is 0.941 bits per heavy atom. The molecule has 0 bridgehead atoms. The molecule has 1 heterocycles. The Balaban J connectivity index is 1.68. The summed E-state index contributed by atoms with van der Waals surface area (Å²) in [4.78, 5) is 28.7. The van der Waals surface area contributed by atoms with Gasteiger partial charge < -0.3 is 10.0 Å². The van der Waals surface area contributed by atoms with Crippen LogP contribution in [0.15, 0.2) is 60.7 Å². The number of para-hydroxylation sites is 1.